The van der Waals surface area contributed by atoms with Crippen LogP contribution in [-0.4, -0.2) is 47.3 Å². The molecule has 1 aromatic carbocycles. The van der Waals surface area contributed by atoms with E-state index in [1.165, 1.54) is 12.3 Å². The van der Waals surface area contributed by atoms with Gasteiger partial charge in [0.2, 0.25) is 5.75 Å². The highest BCUT2D eigenvalue weighted by molar-refractivity contribution is 6.06. The summed E-state index contributed by atoms with van der Waals surface area (Å²) in [6.45, 7) is 12.6. The molecule has 0 aliphatic carbocycles. The van der Waals surface area contributed by atoms with Crippen LogP contribution in [0.2, 0.25) is 0 Å². The Morgan fingerprint density at radius 3 is 2.38 bits per heavy atom. The van der Waals surface area contributed by atoms with Crippen LogP contribution in [0, 0.1) is 0 Å². The van der Waals surface area contributed by atoms with E-state index in [1.54, 1.807) is 32.9 Å². The van der Waals surface area contributed by atoms with E-state index in [-0.39, 0.29) is 30.7 Å². The molecule has 2 N–H and O–H groups in total. The number of aliphatic hydroxyl groups excluding tert-OH is 2. The molecule has 0 aliphatic heterocycles. The van der Waals surface area contributed by atoms with Crippen molar-refractivity contribution in [1.29, 1.82) is 0 Å². The number of benzene rings is 1. The molecular formula is C24H30O8. The highest BCUT2D eigenvalue weighted by Gasteiger charge is 2.31. The Kier molecular flexibility index (Phi) is 6.97. The van der Waals surface area contributed by atoms with Crippen molar-refractivity contribution in [3.05, 3.63) is 47.0 Å². The molecule has 0 aliphatic rings. The second-order valence-corrected chi connectivity index (χ2v) is 8.59. The Morgan fingerprint density at radius 1 is 1.06 bits per heavy atom. The lowest BCUT2D eigenvalue weighted by Gasteiger charge is -2.32. The van der Waals surface area contributed by atoms with Gasteiger partial charge in [0.25, 0.3) is 0 Å². The largest absolute Gasteiger partial charge is 0.489 e. The van der Waals surface area contributed by atoms with E-state index in [4.69, 9.17) is 23.0 Å². The van der Waals surface area contributed by atoms with Crippen LogP contribution >= 0.6 is 0 Å². The average molecular weight is 446 g/mol. The maximum atomic E-state index is 12.0. The van der Waals surface area contributed by atoms with Crippen LogP contribution in [0.1, 0.15) is 34.6 Å². The molecule has 0 fully saturated rings. The summed E-state index contributed by atoms with van der Waals surface area (Å²) in [6, 6.07) is 4.53. The standard InChI is InChI=1S/C24H30O8/c1-13(2)17(25)11-29-23-21-16(9-10-28-21)20(15-7-8-19(27)31-22(15)23)30-12-18(26)24(5,6)32-14(3)4/h7-10,14,17-18,25-26H,1,11-12H2,2-6H3/t17-,18-/m1/s1. The van der Waals surface area contributed by atoms with Crippen LogP contribution in [0.25, 0.3) is 21.9 Å². The van der Waals surface area contributed by atoms with Crippen LogP contribution in [-0.2, 0) is 4.74 Å². The quantitative estimate of drug-likeness (QED) is 0.357. The van der Waals surface area contributed by atoms with Crippen LogP contribution in [0.5, 0.6) is 11.5 Å². The highest BCUT2D eigenvalue weighted by Crippen LogP contribution is 2.43. The number of aliphatic hydroxyl groups is 2. The molecule has 0 unspecified atom stereocenters. The average Bonchev–Trinajstić information content (AvgIpc) is 3.18. The molecule has 0 bridgehead atoms. The van der Waals surface area contributed by atoms with Crippen molar-refractivity contribution < 1.29 is 33.3 Å². The lowest BCUT2D eigenvalue weighted by Crippen LogP contribution is -2.44. The van der Waals surface area contributed by atoms with Crippen molar-refractivity contribution in [3.8, 4) is 11.5 Å². The lowest BCUT2D eigenvalue weighted by atomic mass is 10.0. The van der Waals surface area contributed by atoms with Gasteiger partial charge in [0.15, 0.2) is 11.2 Å². The molecule has 8 nitrogen and oxygen atoms in total. The van der Waals surface area contributed by atoms with E-state index in [0.717, 1.165) is 0 Å². The minimum Gasteiger partial charge on any atom is -0.489 e. The Balaban J connectivity index is 2.02. The number of ether oxygens (including phenoxy) is 3. The Morgan fingerprint density at radius 2 is 1.72 bits per heavy atom. The van der Waals surface area contributed by atoms with E-state index in [1.807, 2.05) is 13.8 Å². The zero-order valence-corrected chi connectivity index (χ0v) is 19.0. The molecule has 0 radical (unpaired) electrons. The fraction of sp³-hybridized carbons (Fsp3) is 0.458. The van der Waals surface area contributed by atoms with Crippen molar-refractivity contribution in [2.75, 3.05) is 13.2 Å². The zero-order chi connectivity index (χ0) is 23.6. The molecule has 0 amide bonds. The minimum absolute atomic E-state index is 0.0667. The van der Waals surface area contributed by atoms with Gasteiger partial charge in [0.05, 0.1) is 28.7 Å². The molecule has 32 heavy (non-hydrogen) atoms. The Labute approximate surface area is 186 Å². The Bertz CT molecular complexity index is 1150. The highest BCUT2D eigenvalue weighted by atomic mass is 16.5. The van der Waals surface area contributed by atoms with E-state index >= 15 is 0 Å². The van der Waals surface area contributed by atoms with Crippen LogP contribution in [0.4, 0.5) is 0 Å². The molecule has 0 saturated heterocycles. The van der Waals surface area contributed by atoms with Gasteiger partial charge in [0, 0.05) is 6.07 Å². The molecule has 3 aromatic rings. The predicted octanol–water partition coefficient (Wildman–Crippen LogP) is 3.80. The first-order chi connectivity index (χ1) is 15.0. The number of fused-ring (bicyclic) bond motifs is 2. The van der Waals surface area contributed by atoms with Crippen molar-refractivity contribution in [2.24, 2.45) is 0 Å². The summed E-state index contributed by atoms with van der Waals surface area (Å²) < 4.78 is 28.6. The van der Waals surface area contributed by atoms with Crippen LogP contribution in [0.15, 0.2) is 50.2 Å². The summed E-state index contributed by atoms with van der Waals surface area (Å²) in [4.78, 5) is 12.0. The first-order valence-corrected chi connectivity index (χ1v) is 10.4. The smallest absolute Gasteiger partial charge is 0.336 e. The molecule has 3 rings (SSSR count). The summed E-state index contributed by atoms with van der Waals surface area (Å²) in [7, 11) is 0. The number of hydrogen-bond acceptors (Lipinski definition) is 8. The maximum Gasteiger partial charge on any atom is 0.336 e. The van der Waals surface area contributed by atoms with Gasteiger partial charge < -0.3 is 33.3 Å². The fourth-order valence-electron chi connectivity index (χ4n) is 3.32. The van der Waals surface area contributed by atoms with Gasteiger partial charge in [-0.15, -0.1) is 0 Å². The van der Waals surface area contributed by atoms with Crippen LogP contribution < -0.4 is 15.1 Å². The third-order valence-electron chi connectivity index (χ3n) is 5.08. The third kappa shape index (κ3) is 4.98. The first-order valence-electron chi connectivity index (χ1n) is 10.4. The molecule has 0 spiro atoms. The second kappa shape index (κ2) is 9.36. The van der Waals surface area contributed by atoms with E-state index in [2.05, 4.69) is 6.58 Å². The molecular weight excluding hydrogens is 416 g/mol. The zero-order valence-electron chi connectivity index (χ0n) is 19.0. The maximum absolute atomic E-state index is 12.0. The summed E-state index contributed by atoms with van der Waals surface area (Å²) in [6.07, 6.45) is -0.445. The Hall–Kier alpha value is -2.81. The topological polar surface area (TPSA) is 112 Å². The fourth-order valence-corrected chi connectivity index (χ4v) is 3.32. The molecule has 2 atom stereocenters. The molecule has 2 heterocycles. The normalized spacial score (nSPS) is 14.1. The summed E-state index contributed by atoms with van der Waals surface area (Å²) >= 11 is 0. The SMILES string of the molecule is C=C(C)[C@H](O)COc1c2occc2c(OC[C@@H](O)C(C)(C)OC(C)C)c2ccc(=O)oc12. The third-order valence-corrected chi connectivity index (χ3v) is 5.08. The predicted molar refractivity (Wildman–Crippen MR) is 120 cm³/mol. The van der Waals surface area contributed by atoms with Gasteiger partial charge in [-0.25, -0.2) is 4.79 Å². The summed E-state index contributed by atoms with van der Waals surface area (Å²) in [5.41, 5.74) is -0.467. The number of rotatable bonds is 10. The van der Waals surface area contributed by atoms with Crippen molar-refractivity contribution in [2.45, 2.75) is 58.5 Å². The molecule has 0 saturated carbocycles. The van der Waals surface area contributed by atoms with Gasteiger partial charge in [-0.2, -0.15) is 0 Å². The van der Waals surface area contributed by atoms with Gasteiger partial charge in [-0.1, -0.05) is 6.58 Å². The lowest BCUT2D eigenvalue weighted by molar-refractivity contribution is -0.134. The van der Waals surface area contributed by atoms with E-state index in [0.29, 0.717) is 27.7 Å². The molecule has 8 heteroatoms. The number of furan rings is 1. The van der Waals surface area contributed by atoms with Gasteiger partial charge in [-0.3, -0.25) is 0 Å². The van der Waals surface area contributed by atoms with E-state index < -0.39 is 23.4 Å². The number of hydrogen-bond donors (Lipinski definition) is 2. The molecule has 174 valence electrons. The summed E-state index contributed by atoms with van der Waals surface area (Å²) in [5, 5.41) is 21.8. The second-order valence-electron chi connectivity index (χ2n) is 8.59. The molecule has 2 aromatic heterocycles. The van der Waals surface area contributed by atoms with Crippen molar-refractivity contribution >= 4 is 21.9 Å². The van der Waals surface area contributed by atoms with Crippen LogP contribution in [0.3, 0.4) is 0 Å². The van der Waals surface area contributed by atoms with Gasteiger partial charge in [-0.05, 0) is 52.3 Å². The van der Waals surface area contributed by atoms with Gasteiger partial charge >= 0.3 is 5.63 Å². The first kappa shape index (κ1) is 23.8. The van der Waals surface area contributed by atoms with E-state index in [9.17, 15) is 15.0 Å². The van der Waals surface area contributed by atoms with Crippen molar-refractivity contribution in [3.63, 3.8) is 0 Å². The monoisotopic (exact) mass is 446 g/mol. The minimum atomic E-state index is -0.931. The summed E-state index contributed by atoms with van der Waals surface area (Å²) in [5.74, 6) is 0.550. The van der Waals surface area contributed by atoms with Crippen molar-refractivity contribution in [1.82, 2.24) is 0 Å². The van der Waals surface area contributed by atoms with Gasteiger partial charge in [0.1, 0.15) is 31.2 Å².